The second-order valence-corrected chi connectivity index (χ2v) is 6.82. The molecule has 0 amide bonds. The second kappa shape index (κ2) is 6.39. The van der Waals surface area contributed by atoms with Gasteiger partial charge in [-0.3, -0.25) is 4.79 Å². The van der Waals surface area contributed by atoms with Gasteiger partial charge in [-0.05, 0) is 25.5 Å². The number of benzene rings is 1. The molecule has 4 aromatic rings. The number of nitrogen functional groups attached to an aromatic ring is 1. The van der Waals surface area contributed by atoms with Crippen LogP contribution in [0.2, 0.25) is 0 Å². The number of imidazole rings is 1. The smallest absolute Gasteiger partial charge is 0.253 e. The third kappa shape index (κ3) is 2.89. The summed E-state index contributed by atoms with van der Waals surface area (Å²) in [7, 11) is 1.76. The molecular weight excluding hydrogens is 338 g/mol. The molecule has 3 heterocycles. The highest BCUT2D eigenvalue weighted by Crippen LogP contribution is 2.31. The molecule has 4 rings (SSSR count). The minimum atomic E-state index is -0.0107. The molecule has 0 aliphatic carbocycles. The average molecular weight is 359 g/mol. The van der Waals surface area contributed by atoms with Crippen LogP contribution in [-0.2, 0) is 7.05 Å². The summed E-state index contributed by atoms with van der Waals surface area (Å²) in [6.45, 7) is 3.95. The van der Waals surface area contributed by atoms with Gasteiger partial charge in [0, 0.05) is 30.4 Å². The monoisotopic (exact) mass is 359 g/mol. The van der Waals surface area contributed by atoms with E-state index >= 15 is 0 Å². The summed E-state index contributed by atoms with van der Waals surface area (Å²) < 4.78 is 3.75. The van der Waals surface area contributed by atoms with Crippen molar-refractivity contribution in [2.75, 3.05) is 5.73 Å². The summed E-state index contributed by atoms with van der Waals surface area (Å²) in [5.74, 6) is 1.24. The Morgan fingerprint density at radius 1 is 1.15 bits per heavy atom. The molecule has 136 valence electrons. The molecule has 0 saturated heterocycles. The maximum atomic E-state index is 12.1. The first-order chi connectivity index (χ1) is 13.0. The molecule has 0 spiro atoms. The van der Waals surface area contributed by atoms with Crippen LogP contribution in [0.4, 0.5) is 5.82 Å². The number of rotatable bonds is 3. The van der Waals surface area contributed by atoms with Crippen molar-refractivity contribution >= 4 is 16.9 Å². The molecule has 0 radical (unpaired) electrons. The molecule has 6 nitrogen and oxygen atoms in total. The minimum Gasteiger partial charge on any atom is -0.384 e. The molecule has 0 fully saturated rings. The SMILES string of the molecule is Cc1cc(-c2nc3cnc(N)cc3n2[C@@H](C)c2ccccc2)cn(C)c1=O. The fraction of sp³-hybridized carbons (Fsp3) is 0.190. The Morgan fingerprint density at radius 3 is 2.59 bits per heavy atom. The zero-order valence-corrected chi connectivity index (χ0v) is 15.5. The first kappa shape index (κ1) is 17.0. The van der Waals surface area contributed by atoms with E-state index in [2.05, 4.69) is 28.6 Å². The fourth-order valence-corrected chi connectivity index (χ4v) is 3.49. The zero-order chi connectivity index (χ0) is 19.1. The van der Waals surface area contributed by atoms with Crippen LogP contribution in [0.3, 0.4) is 0 Å². The fourth-order valence-electron chi connectivity index (χ4n) is 3.49. The van der Waals surface area contributed by atoms with Crippen molar-refractivity contribution in [1.29, 1.82) is 0 Å². The largest absolute Gasteiger partial charge is 0.384 e. The van der Waals surface area contributed by atoms with Crippen molar-refractivity contribution in [3.63, 3.8) is 0 Å². The van der Waals surface area contributed by atoms with Gasteiger partial charge in [-0.2, -0.15) is 0 Å². The number of fused-ring (bicyclic) bond motifs is 1. The average Bonchev–Trinajstić information content (AvgIpc) is 3.04. The number of nitrogens with two attached hydrogens (primary N) is 1. The van der Waals surface area contributed by atoms with Gasteiger partial charge in [0.05, 0.1) is 17.8 Å². The number of anilines is 1. The number of aryl methyl sites for hydroxylation is 2. The van der Waals surface area contributed by atoms with Gasteiger partial charge in [-0.25, -0.2) is 9.97 Å². The lowest BCUT2D eigenvalue weighted by atomic mass is 10.1. The molecule has 27 heavy (non-hydrogen) atoms. The third-order valence-electron chi connectivity index (χ3n) is 4.89. The lowest BCUT2D eigenvalue weighted by Crippen LogP contribution is -2.19. The van der Waals surface area contributed by atoms with Crippen LogP contribution < -0.4 is 11.3 Å². The molecule has 2 N–H and O–H groups in total. The molecule has 3 aromatic heterocycles. The summed E-state index contributed by atoms with van der Waals surface area (Å²) in [4.78, 5) is 21.1. The summed E-state index contributed by atoms with van der Waals surface area (Å²) in [6.07, 6.45) is 3.51. The normalized spacial score (nSPS) is 12.4. The number of aromatic nitrogens is 4. The molecule has 1 aromatic carbocycles. The van der Waals surface area contributed by atoms with Crippen molar-refractivity contribution in [3.8, 4) is 11.4 Å². The van der Waals surface area contributed by atoms with Gasteiger partial charge in [0.1, 0.15) is 17.2 Å². The number of pyridine rings is 2. The van der Waals surface area contributed by atoms with E-state index in [9.17, 15) is 4.79 Å². The van der Waals surface area contributed by atoms with Crippen LogP contribution in [0, 0.1) is 6.92 Å². The van der Waals surface area contributed by atoms with Gasteiger partial charge in [0.15, 0.2) is 0 Å². The Kier molecular flexibility index (Phi) is 4.03. The van der Waals surface area contributed by atoms with E-state index in [-0.39, 0.29) is 11.6 Å². The molecule has 0 bridgehead atoms. The molecule has 0 unspecified atom stereocenters. The Hall–Kier alpha value is -3.41. The van der Waals surface area contributed by atoms with E-state index in [0.29, 0.717) is 11.4 Å². The highest BCUT2D eigenvalue weighted by molar-refractivity contribution is 5.82. The van der Waals surface area contributed by atoms with E-state index in [4.69, 9.17) is 10.7 Å². The molecule has 0 aliphatic heterocycles. The topological polar surface area (TPSA) is 78.7 Å². The predicted molar refractivity (Wildman–Crippen MR) is 108 cm³/mol. The van der Waals surface area contributed by atoms with Crippen molar-refractivity contribution in [2.45, 2.75) is 19.9 Å². The van der Waals surface area contributed by atoms with Crippen molar-refractivity contribution < 1.29 is 0 Å². The van der Waals surface area contributed by atoms with Crippen molar-refractivity contribution in [2.24, 2.45) is 7.05 Å². The van der Waals surface area contributed by atoms with E-state index in [1.165, 1.54) is 0 Å². The quantitative estimate of drug-likeness (QED) is 0.609. The summed E-state index contributed by atoms with van der Waals surface area (Å²) in [6, 6.07) is 14.0. The Labute approximate surface area is 156 Å². The predicted octanol–water partition coefficient (Wildman–Crippen LogP) is 3.30. The molecule has 1 atom stereocenters. The molecule has 6 heteroatoms. The van der Waals surface area contributed by atoms with Crippen LogP contribution in [-0.4, -0.2) is 19.1 Å². The van der Waals surface area contributed by atoms with Gasteiger partial charge in [0.25, 0.3) is 5.56 Å². The third-order valence-corrected chi connectivity index (χ3v) is 4.89. The van der Waals surface area contributed by atoms with Crippen LogP contribution in [0.25, 0.3) is 22.4 Å². The maximum absolute atomic E-state index is 12.1. The zero-order valence-electron chi connectivity index (χ0n) is 15.5. The van der Waals surface area contributed by atoms with Gasteiger partial charge >= 0.3 is 0 Å². The highest BCUT2D eigenvalue weighted by atomic mass is 16.1. The van der Waals surface area contributed by atoms with Gasteiger partial charge in [-0.15, -0.1) is 0 Å². The lowest BCUT2D eigenvalue weighted by molar-refractivity contribution is 0.664. The summed E-state index contributed by atoms with van der Waals surface area (Å²) in [5, 5.41) is 0. The molecular formula is C21H21N5O. The first-order valence-electron chi connectivity index (χ1n) is 8.82. The Morgan fingerprint density at radius 2 is 1.89 bits per heavy atom. The second-order valence-electron chi connectivity index (χ2n) is 6.82. The molecule has 0 saturated carbocycles. The maximum Gasteiger partial charge on any atom is 0.253 e. The summed E-state index contributed by atoms with van der Waals surface area (Å²) >= 11 is 0. The van der Waals surface area contributed by atoms with E-state index in [1.54, 1.807) is 17.8 Å². The minimum absolute atomic E-state index is 0.0107. The van der Waals surface area contributed by atoms with Gasteiger partial charge in [-0.1, -0.05) is 30.3 Å². The molecule has 0 aliphatic rings. The highest BCUT2D eigenvalue weighted by Gasteiger charge is 2.20. The number of nitrogens with zero attached hydrogens (tertiary/aromatic N) is 4. The first-order valence-corrected chi connectivity index (χ1v) is 8.82. The van der Waals surface area contributed by atoms with Crippen LogP contribution >= 0.6 is 0 Å². The van der Waals surface area contributed by atoms with E-state index < -0.39 is 0 Å². The van der Waals surface area contributed by atoms with Crippen molar-refractivity contribution in [1.82, 2.24) is 19.1 Å². The van der Waals surface area contributed by atoms with E-state index in [0.717, 1.165) is 28.0 Å². The van der Waals surface area contributed by atoms with Gasteiger partial charge in [0.2, 0.25) is 0 Å². The van der Waals surface area contributed by atoms with Crippen LogP contribution in [0.15, 0.2) is 59.7 Å². The Balaban J connectivity index is 2.02. The van der Waals surface area contributed by atoms with Gasteiger partial charge < -0.3 is 14.9 Å². The summed E-state index contributed by atoms with van der Waals surface area (Å²) in [5.41, 5.74) is 10.4. The van der Waals surface area contributed by atoms with E-state index in [1.807, 2.05) is 43.5 Å². The Bertz CT molecular complexity index is 1160. The standard InChI is InChI=1S/C21H21N5O/c1-13-9-16(12-25(3)21(13)27)20-24-17-11-23-19(22)10-18(17)26(20)14(2)15-7-5-4-6-8-15/h4-12,14H,1-3H3,(H2,22,23)/t14-/m0/s1. The van der Waals surface area contributed by atoms with Crippen LogP contribution in [0.1, 0.15) is 24.1 Å². The van der Waals surface area contributed by atoms with Crippen molar-refractivity contribution in [3.05, 3.63) is 76.3 Å². The van der Waals surface area contributed by atoms with Crippen LogP contribution in [0.5, 0.6) is 0 Å². The lowest BCUT2D eigenvalue weighted by Gasteiger charge is -2.19. The number of hydrogen-bond acceptors (Lipinski definition) is 4. The number of hydrogen-bond donors (Lipinski definition) is 1.